The number of carbonyl (C=O) groups is 1. The summed E-state index contributed by atoms with van der Waals surface area (Å²) in [5, 5.41) is 0. The molecule has 47 heavy (non-hydrogen) atoms. The van der Waals surface area contributed by atoms with Gasteiger partial charge in [-0.05, 0) is 64.2 Å². The number of quaternary nitrogens is 1. The van der Waals surface area contributed by atoms with Crippen LogP contribution in [0.1, 0.15) is 117 Å². The fraction of sp³-hybridized carbons (Fsp3) is 0.711. The zero-order valence-corrected chi connectivity index (χ0v) is 31.4. The fourth-order valence-corrected chi connectivity index (χ4v) is 4.98. The summed E-state index contributed by atoms with van der Waals surface area (Å²) < 4.78 is 34.7. The summed E-state index contributed by atoms with van der Waals surface area (Å²) in [6, 6.07) is 0. The van der Waals surface area contributed by atoms with Crippen LogP contribution >= 0.6 is 7.82 Å². The Morgan fingerprint density at radius 1 is 0.681 bits per heavy atom. The van der Waals surface area contributed by atoms with E-state index in [4.69, 9.17) is 18.5 Å². The van der Waals surface area contributed by atoms with Crippen molar-refractivity contribution in [3.63, 3.8) is 0 Å². The number of rotatable bonds is 32. The van der Waals surface area contributed by atoms with E-state index >= 15 is 0 Å². The van der Waals surface area contributed by atoms with Gasteiger partial charge in [0.2, 0.25) is 0 Å². The van der Waals surface area contributed by atoms with Gasteiger partial charge in [0.25, 0.3) is 0 Å². The van der Waals surface area contributed by atoms with Crippen LogP contribution < -0.4 is 0 Å². The van der Waals surface area contributed by atoms with E-state index in [0.29, 0.717) is 24.1 Å². The molecule has 0 aliphatic carbocycles. The number of nitrogens with zero attached hydrogens (tertiary/aromatic N) is 1. The van der Waals surface area contributed by atoms with Crippen molar-refractivity contribution >= 4 is 13.8 Å². The van der Waals surface area contributed by atoms with Crippen LogP contribution in [0.5, 0.6) is 0 Å². The lowest BCUT2D eigenvalue weighted by Crippen LogP contribution is -2.37. The first-order valence-electron chi connectivity index (χ1n) is 18.0. The lowest BCUT2D eigenvalue weighted by Gasteiger charge is -2.24. The highest BCUT2D eigenvalue weighted by Gasteiger charge is 2.26. The van der Waals surface area contributed by atoms with Gasteiger partial charge >= 0.3 is 13.8 Å². The Bertz CT molecular complexity index is 937. The second kappa shape index (κ2) is 31.5. The molecule has 9 heteroatoms. The predicted molar refractivity (Wildman–Crippen MR) is 196 cm³/mol. The average Bonchev–Trinajstić information content (AvgIpc) is 3.01. The van der Waals surface area contributed by atoms with Gasteiger partial charge < -0.3 is 18.9 Å². The molecule has 0 aromatic heterocycles. The third-order valence-electron chi connectivity index (χ3n) is 7.06. The zero-order chi connectivity index (χ0) is 34.9. The molecular weight excluding hydrogens is 613 g/mol. The Morgan fingerprint density at radius 2 is 1.23 bits per heavy atom. The monoisotopic (exact) mass is 682 g/mol. The lowest BCUT2D eigenvalue weighted by molar-refractivity contribution is -0.870. The van der Waals surface area contributed by atoms with Crippen molar-refractivity contribution in [2.45, 2.75) is 123 Å². The van der Waals surface area contributed by atoms with Crippen molar-refractivity contribution in [1.82, 2.24) is 0 Å². The average molecular weight is 683 g/mol. The number of esters is 1. The number of unbranched alkanes of at least 4 members (excludes halogenated alkanes) is 8. The number of carbonyl (C=O) groups excluding carboxylic acids is 1. The van der Waals surface area contributed by atoms with Crippen LogP contribution in [0.2, 0.25) is 0 Å². The summed E-state index contributed by atoms with van der Waals surface area (Å²) in [6.07, 6.45) is 36.9. The summed E-state index contributed by atoms with van der Waals surface area (Å²) in [6.45, 7) is 5.27. The van der Waals surface area contributed by atoms with E-state index < -0.39 is 13.9 Å². The van der Waals surface area contributed by atoms with Crippen LogP contribution in [-0.2, 0) is 27.9 Å². The second-order valence-electron chi connectivity index (χ2n) is 12.9. The molecule has 0 aliphatic heterocycles. The Hall–Kier alpha value is -1.80. The van der Waals surface area contributed by atoms with E-state index in [1.54, 1.807) is 0 Å². The Morgan fingerprint density at radius 3 is 1.87 bits per heavy atom. The molecule has 0 bridgehead atoms. The number of likely N-dealkylation sites (N-methyl/N-ethyl adjacent to an activating group) is 1. The van der Waals surface area contributed by atoms with Crippen molar-refractivity contribution in [3.05, 3.63) is 60.8 Å². The fourth-order valence-electron chi connectivity index (χ4n) is 4.24. The van der Waals surface area contributed by atoms with Crippen LogP contribution in [0.15, 0.2) is 60.8 Å². The molecule has 0 aromatic carbocycles. The van der Waals surface area contributed by atoms with Gasteiger partial charge in [-0.25, -0.2) is 4.57 Å². The summed E-state index contributed by atoms with van der Waals surface area (Å²) >= 11 is 0. The first kappa shape index (κ1) is 45.2. The molecule has 272 valence electrons. The number of phosphoric ester groups is 1. The quantitative estimate of drug-likeness (QED) is 0.0248. The van der Waals surface area contributed by atoms with E-state index in [0.717, 1.165) is 70.6 Å². The Balaban J connectivity index is 4.46. The molecule has 0 fully saturated rings. The number of phosphoric acid groups is 1. The maximum absolute atomic E-state index is 12.6. The minimum Gasteiger partial charge on any atom is -0.457 e. The van der Waals surface area contributed by atoms with E-state index in [-0.39, 0.29) is 25.8 Å². The van der Waals surface area contributed by atoms with Crippen LogP contribution in [0.25, 0.3) is 0 Å². The molecule has 0 saturated carbocycles. The number of ether oxygens (including phenoxy) is 2. The van der Waals surface area contributed by atoms with Crippen molar-refractivity contribution in [2.24, 2.45) is 0 Å². The van der Waals surface area contributed by atoms with Gasteiger partial charge in [0.05, 0.1) is 34.4 Å². The molecule has 0 radical (unpaired) electrons. The third kappa shape index (κ3) is 35.3. The van der Waals surface area contributed by atoms with Gasteiger partial charge in [-0.15, -0.1) is 0 Å². The topological polar surface area (TPSA) is 91.3 Å². The molecule has 0 amide bonds. The van der Waals surface area contributed by atoms with E-state index in [1.807, 2.05) is 21.1 Å². The van der Waals surface area contributed by atoms with Crippen LogP contribution in [0, 0.1) is 0 Å². The van der Waals surface area contributed by atoms with E-state index in [1.165, 1.54) is 25.7 Å². The predicted octanol–water partition coefficient (Wildman–Crippen LogP) is 9.82. The van der Waals surface area contributed by atoms with Crippen molar-refractivity contribution < 1.29 is 37.3 Å². The zero-order valence-electron chi connectivity index (χ0n) is 30.5. The van der Waals surface area contributed by atoms with Crippen molar-refractivity contribution in [1.29, 1.82) is 0 Å². The molecule has 0 spiro atoms. The van der Waals surface area contributed by atoms with Gasteiger partial charge in [-0.1, -0.05) is 107 Å². The molecule has 2 unspecified atom stereocenters. The molecule has 0 aliphatic rings. The van der Waals surface area contributed by atoms with Crippen molar-refractivity contribution in [3.8, 4) is 0 Å². The number of allylic oxidation sites excluding steroid dienone is 10. The van der Waals surface area contributed by atoms with E-state index in [2.05, 4.69) is 74.6 Å². The third-order valence-corrected chi connectivity index (χ3v) is 8.05. The molecule has 0 aromatic rings. The first-order chi connectivity index (χ1) is 22.6. The molecular formula is C38H69NO7P+. The smallest absolute Gasteiger partial charge is 0.457 e. The van der Waals surface area contributed by atoms with Gasteiger partial charge in [0.1, 0.15) is 19.3 Å². The summed E-state index contributed by atoms with van der Waals surface area (Å²) in [7, 11) is 1.61. The molecule has 2 atom stereocenters. The Kier molecular flexibility index (Phi) is 30.3. The van der Waals surface area contributed by atoms with Gasteiger partial charge in [-0.3, -0.25) is 13.8 Å². The minimum atomic E-state index is -4.28. The van der Waals surface area contributed by atoms with Crippen molar-refractivity contribution in [2.75, 3.05) is 54.1 Å². The normalized spacial score (nSPS) is 14.8. The number of hydrogen-bond donors (Lipinski definition) is 1. The maximum Gasteiger partial charge on any atom is 0.472 e. The molecule has 0 heterocycles. The van der Waals surface area contributed by atoms with Gasteiger partial charge in [0, 0.05) is 13.0 Å². The minimum absolute atomic E-state index is 0.0741. The molecule has 8 nitrogen and oxygen atoms in total. The highest BCUT2D eigenvalue weighted by Crippen LogP contribution is 2.43. The van der Waals surface area contributed by atoms with Gasteiger partial charge in [0.15, 0.2) is 0 Å². The standard InChI is InChI=1S/C38H68NO7P/c1-6-8-10-12-14-16-18-19-20-22-24-26-28-30-33-43-35-37(36-45-47(41,42)44-34-32-39(3,4)5)46-38(40)31-29-27-25-23-21-17-15-13-11-9-7-2/h8,10,13-16,19-20,24,26,37H,6-7,9,11-12,17-18,21-23,25,27-36H2,1-5H3/p+1/b10-8-,15-13-,16-14-,20-19-,26-24-. The molecule has 0 saturated heterocycles. The van der Waals surface area contributed by atoms with Crippen LogP contribution in [-0.4, -0.2) is 75.6 Å². The maximum atomic E-state index is 12.6. The summed E-state index contributed by atoms with van der Waals surface area (Å²) in [4.78, 5) is 22.7. The highest BCUT2D eigenvalue weighted by atomic mass is 31.2. The second-order valence-corrected chi connectivity index (χ2v) is 14.3. The summed E-state index contributed by atoms with van der Waals surface area (Å²) in [5.41, 5.74) is 0. The van der Waals surface area contributed by atoms with Crippen LogP contribution in [0.3, 0.4) is 0 Å². The largest absolute Gasteiger partial charge is 0.472 e. The van der Waals surface area contributed by atoms with Gasteiger partial charge in [-0.2, -0.15) is 0 Å². The highest BCUT2D eigenvalue weighted by molar-refractivity contribution is 7.47. The number of hydrogen-bond acceptors (Lipinski definition) is 6. The lowest BCUT2D eigenvalue weighted by atomic mass is 10.1. The molecule has 1 N–H and O–H groups in total. The Labute approximate surface area is 288 Å². The first-order valence-corrected chi connectivity index (χ1v) is 19.5. The van der Waals surface area contributed by atoms with Crippen LogP contribution in [0.4, 0.5) is 0 Å². The SMILES string of the molecule is CC/C=C\C/C=C\C/C=C\C/C=C\CCCOCC(COP(=O)(O)OCC[N+](C)(C)C)OC(=O)CCCCCCC/C=C\CCCC. The summed E-state index contributed by atoms with van der Waals surface area (Å²) in [5.74, 6) is -0.348. The molecule has 0 rings (SSSR count). The van der Waals surface area contributed by atoms with E-state index in [9.17, 15) is 14.3 Å².